The third-order valence-corrected chi connectivity index (χ3v) is 9.59. The first-order chi connectivity index (χ1) is 27.3. The molecule has 5 heteroatoms. The van der Waals surface area contributed by atoms with E-state index in [1.807, 2.05) is 123 Å². The molecule has 10 rings (SSSR count). The molecule has 0 saturated heterocycles. The van der Waals surface area contributed by atoms with Crippen molar-refractivity contribution in [3.8, 4) is 22.9 Å². The molecule has 0 atom stereocenters. The van der Waals surface area contributed by atoms with E-state index in [4.69, 9.17) is 0 Å². The van der Waals surface area contributed by atoms with Gasteiger partial charge in [-0.2, -0.15) is 49.2 Å². The second-order valence-electron chi connectivity index (χ2n) is 13.7. The number of phenolic OH excluding ortho intramolecular Hbond substituents is 2. The SMILES string of the molecule is Cc1ccc(O)c(-n2c3ccccc3c3ccccc32)c1.Cc1ccc(O)c(-n2c3ccccc3c3ccccc32)c1.[CH2-]c1ccccc1.[CH2-]c1ccccc1.[Hf]. The Bertz CT molecular complexity index is 2570. The normalized spacial score (nSPS) is 10.4. The summed E-state index contributed by atoms with van der Waals surface area (Å²) in [5.41, 5.74) is 10.5. The maximum Gasteiger partial charge on any atom is 0.139 e. The maximum absolute atomic E-state index is 10.3. The van der Waals surface area contributed by atoms with Crippen LogP contribution < -0.4 is 0 Å². The first-order valence-electron chi connectivity index (χ1n) is 18.6. The van der Waals surface area contributed by atoms with Gasteiger partial charge in [0.25, 0.3) is 0 Å². The number of fused-ring (bicyclic) bond motifs is 6. The van der Waals surface area contributed by atoms with Gasteiger partial charge in [0.1, 0.15) is 11.5 Å². The number of hydrogen-bond donors (Lipinski definition) is 2. The van der Waals surface area contributed by atoms with Gasteiger partial charge in [-0.15, -0.1) is 24.3 Å². The molecule has 0 amide bonds. The van der Waals surface area contributed by atoms with Crippen LogP contribution in [-0.2, 0) is 25.8 Å². The van der Waals surface area contributed by atoms with E-state index < -0.39 is 0 Å². The van der Waals surface area contributed by atoms with Gasteiger partial charge < -0.3 is 19.3 Å². The van der Waals surface area contributed by atoms with E-state index in [0.29, 0.717) is 11.5 Å². The van der Waals surface area contributed by atoms with Crippen LogP contribution in [-0.4, -0.2) is 19.3 Å². The summed E-state index contributed by atoms with van der Waals surface area (Å²) in [5.74, 6) is 0.596. The third-order valence-electron chi connectivity index (χ3n) is 9.59. The minimum Gasteiger partial charge on any atom is -0.506 e. The zero-order valence-electron chi connectivity index (χ0n) is 32.2. The van der Waals surface area contributed by atoms with Crippen LogP contribution in [0.2, 0.25) is 0 Å². The molecule has 0 saturated carbocycles. The molecule has 280 valence electrons. The van der Waals surface area contributed by atoms with Crippen LogP contribution >= 0.6 is 0 Å². The van der Waals surface area contributed by atoms with Crippen LogP contribution in [0, 0.1) is 27.7 Å². The van der Waals surface area contributed by atoms with Gasteiger partial charge >= 0.3 is 0 Å². The Kier molecular flexibility index (Phi) is 13.0. The minimum absolute atomic E-state index is 0. The van der Waals surface area contributed by atoms with E-state index in [0.717, 1.165) is 55.7 Å². The Morgan fingerprint density at radius 1 is 0.351 bits per heavy atom. The van der Waals surface area contributed by atoms with Gasteiger partial charge in [0, 0.05) is 47.4 Å². The third kappa shape index (κ3) is 9.01. The second-order valence-corrected chi connectivity index (χ2v) is 13.7. The van der Waals surface area contributed by atoms with Crippen molar-refractivity contribution >= 4 is 43.6 Å². The van der Waals surface area contributed by atoms with E-state index in [1.165, 1.54) is 21.5 Å². The zero-order chi connectivity index (χ0) is 39.0. The van der Waals surface area contributed by atoms with Crippen molar-refractivity contribution in [3.05, 3.63) is 230 Å². The second kappa shape index (κ2) is 18.5. The maximum atomic E-state index is 10.3. The molecular formula is C52H44HfN2O2-2. The molecule has 0 aliphatic rings. The summed E-state index contributed by atoms with van der Waals surface area (Å²) in [6.07, 6.45) is 0. The van der Waals surface area contributed by atoms with Crippen LogP contribution in [0.5, 0.6) is 11.5 Å². The number of hydrogen-bond acceptors (Lipinski definition) is 2. The van der Waals surface area contributed by atoms with Crippen molar-refractivity contribution in [2.45, 2.75) is 13.8 Å². The monoisotopic (exact) mass is 908 g/mol. The van der Waals surface area contributed by atoms with Crippen molar-refractivity contribution < 1.29 is 36.1 Å². The summed E-state index contributed by atoms with van der Waals surface area (Å²) in [7, 11) is 0. The summed E-state index contributed by atoms with van der Waals surface area (Å²) >= 11 is 0. The minimum atomic E-state index is 0. The van der Waals surface area contributed by atoms with Crippen molar-refractivity contribution in [1.82, 2.24) is 9.13 Å². The first-order valence-corrected chi connectivity index (χ1v) is 18.6. The smallest absolute Gasteiger partial charge is 0.139 e. The van der Waals surface area contributed by atoms with Gasteiger partial charge in [-0.1, -0.05) is 97.1 Å². The Labute approximate surface area is 353 Å². The van der Waals surface area contributed by atoms with E-state index >= 15 is 0 Å². The molecule has 2 N–H and O–H groups in total. The summed E-state index contributed by atoms with van der Waals surface area (Å²) < 4.78 is 4.26. The number of aryl methyl sites for hydroxylation is 2. The fourth-order valence-electron chi connectivity index (χ4n) is 6.95. The molecule has 57 heavy (non-hydrogen) atoms. The molecule has 0 fully saturated rings. The van der Waals surface area contributed by atoms with Crippen LogP contribution in [0.3, 0.4) is 0 Å². The van der Waals surface area contributed by atoms with Crippen molar-refractivity contribution in [1.29, 1.82) is 0 Å². The van der Waals surface area contributed by atoms with Crippen LogP contribution in [0.4, 0.5) is 0 Å². The first kappa shape index (κ1) is 40.2. The van der Waals surface area contributed by atoms with Gasteiger partial charge in [-0.3, -0.25) is 0 Å². The Morgan fingerprint density at radius 3 is 0.877 bits per heavy atom. The molecule has 4 nitrogen and oxygen atoms in total. The van der Waals surface area contributed by atoms with E-state index in [1.54, 1.807) is 12.1 Å². The van der Waals surface area contributed by atoms with Crippen molar-refractivity contribution in [3.63, 3.8) is 0 Å². The number of rotatable bonds is 2. The molecule has 10 aromatic rings. The quantitative estimate of drug-likeness (QED) is 0.134. The molecule has 0 bridgehead atoms. The van der Waals surface area contributed by atoms with E-state index in [2.05, 4.69) is 95.8 Å². The van der Waals surface area contributed by atoms with Crippen LogP contribution in [0.25, 0.3) is 55.0 Å². The Balaban J connectivity index is 0.000000143. The van der Waals surface area contributed by atoms with Gasteiger partial charge in [0.15, 0.2) is 0 Å². The predicted octanol–water partition coefficient (Wildman–Crippen LogP) is 13.3. The average molecular weight is 907 g/mol. The fraction of sp³-hybridized carbons (Fsp3) is 0.0385. The summed E-state index contributed by atoms with van der Waals surface area (Å²) in [6, 6.07) is 64.4. The van der Waals surface area contributed by atoms with Gasteiger partial charge in [0.2, 0.25) is 0 Å². The summed E-state index contributed by atoms with van der Waals surface area (Å²) in [4.78, 5) is 0. The van der Waals surface area contributed by atoms with Gasteiger partial charge in [-0.05, 0) is 73.5 Å². The summed E-state index contributed by atoms with van der Waals surface area (Å²) in [5, 5.41) is 25.4. The van der Waals surface area contributed by atoms with Crippen LogP contribution in [0.1, 0.15) is 22.3 Å². The molecule has 0 aliphatic carbocycles. The largest absolute Gasteiger partial charge is 0.506 e. The number of nitrogens with zero attached hydrogens (tertiary/aromatic N) is 2. The standard InChI is InChI=1S/2C19H15NO.2C7H7.Hf/c2*1-13-10-11-19(21)18(12-13)20-16-8-4-2-6-14(16)15-7-3-5-9-17(15)20;2*1-7-5-3-2-4-6-7;/h2*2-12,21H,1H3;2*2-6H,1H2;/q;;2*-1;. The zero-order valence-corrected chi connectivity index (χ0v) is 35.8. The number of aromatic nitrogens is 2. The van der Waals surface area contributed by atoms with Gasteiger partial charge in [0.05, 0.1) is 33.4 Å². The molecule has 0 radical (unpaired) electrons. The number of phenols is 2. The number of aromatic hydroxyl groups is 2. The molecular weight excluding hydrogens is 863 g/mol. The fourth-order valence-corrected chi connectivity index (χ4v) is 6.95. The molecule has 2 aromatic heterocycles. The van der Waals surface area contributed by atoms with Crippen molar-refractivity contribution in [2.24, 2.45) is 0 Å². The molecule has 0 unspecified atom stereocenters. The molecule has 2 heterocycles. The average Bonchev–Trinajstić information content (AvgIpc) is 3.74. The molecule has 0 aliphatic heterocycles. The molecule has 8 aromatic carbocycles. The molecule has 0 spiro atoms. The topological polar surface area (TPSA) is 50.3 Å². The van der Waals surface area contributed by atoms with Crippen LogP contribution in [0.15, 0.2) is 194 Å². The summed E-state index contributed by atoms with van der Waals surface area (Å²) in [6.45, 7) is 11.5. The van der Waals surface area contributed by atoms with E-state index in [9.17, 15) is 10.2 Å². The van der Waals surface area contributed by atoms with Gasteiger partial charge in [-0.25, -0.2) is 0 Å². The van der Waals surface area contributed by atoms with Crippen molar-refractivity contribution in [2.75, 3.05) is 0 Å². The Morgan fingerprint density at radius 2 is 0.614 bits per heavy atom. The number of benzene rings is 8. The van der Waals surface area contributed by atoms with E-state index in [-0.39, 0.29) is 25.8 Å². The Hall–Kier alpha value is -6.43. The predicted molar refractivity (Wildman–Crippen MR) is 236 cm³/mol. The number of para-hydroxylation sites is 4.